The molecule has 0 aromatic heterocycles. The minimum Gasteiger partial charge on any atom is -0.381 e. The van der Waals surface area contributed by atoms with Gasteiger partial charge in [-0.3, -0.25) is 0 Å². The second-order valence-electron chi connectivity index (χ2n) is 4.87. The highest BCUT2D eigenvalue weighted by molar-refractivity contribution is 5.00. The van der Waals surface area contributed by atoms with Crippen LogP contribution in [0.25, 0.3) is 0 Å². The van der Waals surface area contributed by atoms with Crippen molar-refractivity contribution in [3.8, 4) is 0 Å². The molecule has 2 rings (SSSR count). The minimum absolute atomic E-state index is 0.0765. The third kappa shape index (κ3) is 2.05. The van der Waals surface area contributed by atoms with E-state index in [1.54, 1.807) is 0 Å². The van der Waals surface area contributed by atoms with Crippen LogP contribution in [0.15, 0.2) is 0 Å². The molecule has 2 fully saturated rings. The largest absolute Gasteiger partial charge is 0.381 e. The molecule has 88 valence electrons. The highest BCUT2D eigenvalue weighted by Crippen LogP contribution is 2.39. The van der Waals surface area contributed by atoms with E-state index >= 15 is 0 Å². The fourth-order valence-corrected chi connectivity index (χ4v) is 3.36. The van der Waals surface area contributed by atoms with Gasteiger partial charge in [0.1, 0.15) is 0 Å². The molecule has 0 radical (unpaired) electrons. The Morgan fingerprint density at radius 1 is 1.40 bits per heavy atom. The molecule has 1 aliphatic heterocycles. The molecule has 2 atom stereocenters. The summed E-state index contributed by atoms with van der Waals surface area (Å²) in [5.41, 5.74) is 0.0765. The Hall–Kier alpha value is -0.120. The fraction of sp³-hybridized carbons (Fsp3) is 1.00. The highest BCUT2D eigenvalue weighted by atomic mass is 16.5. The molecule has 0 aromatic carbocycles. The van der Waals surface area contributed by atoms with E-state index in [0.717, 1.165) is 13.2 Å². The average Bonchev–Trinajstić information content (AvgIpc) is 2.90. The van der Waals surface area contributed by atoms with Gasteiger partial charge in [0, 0.05) is 25.7 Å². The van der Waals surface area contributed by atoms with Gasteiger partial charge in [0.2, 0.25) is 0 Å². The Kier molecular flexibility index (Phi) is 3.65. The maximum absolute atomic E-state index is 5.85. The van der Waals surface area contributed by atoms with Crippen LogP contribution in [0.4, 0.5) is 0 Å². The van der Waals surface area contributed by atoms with Crippen LogP contribution in [0.3, 0.4) is 0 Å². The number of rotatable bonds is 4. The molecule has 1 saturated heterocycles. The van der Waals surface area contributed by atoms with Crippen molar-refractivity contribution in [3.63, 3.8) is 0 Å². The normalized spacial score (nSPS) is 32.0. The molecule has 3 nitrogen and oxygen atoms in total. The lowest BCUT2D eigenvalue weighted by molar-refractivity contribution is -0.0505. The molecule has 2 aliphatic rings. The number of hydrogen-bond donors (Lipinski definition) is 1. The molecule has 1 aliphatic carbocycles. The van der Waals surface area contributed by atoms with Gasteiger partial charge in [-0.2, -0.15) is 0 Å². The minimum atomic E-state index is 0.0765. The second-order valence-corrected chi connectivity index (χ2v) is 4.87. The summed E-state index contributed by atoms with van der Waals surface area (Å²) >= 11 is 0. The fourth-order valence-electron chi connectivity index (χ4n) is 3.36. The first-order chi connectivity index (χ1) is 7.32. The lowest BCUT2D eigenvalue weighted by Gasteiger charge is -2.39. The molecule has 1 saturated carbocycles. The van der Waals surface area contributed by atoms with Crippen LogP contribution in [-0.4, -0.2) is 39.0 Å². The van der Waals surface area contributed by atoms with Gasteiger partial charge in [-0.1, -0.05) is 12.8 Å². The van der Waals surface area contributed by atoms with Gasteiger partial charge in [0.25, 0.3) is 0 Å². The second kappa shape index (κ2) is 4.81. The van der Waals surface area contributed by atoms with Crippen LogP contribution in [0.5, 0.6) is 0 Å². The number of ether oxygens (including phenoxy) is 2. The van der Waals surface area contributed by atoms with Gasteiger partial charge < -0.3 is 14.8 Å². The lowest BCUT2D eigenvalue weighted by Crippen LogP contribution is -2.53. The first kappa shape index (κ1) is 11.4. The Labute approximate surface area is 92.5 Å². The first-order valence-electron chi connectivity index (χ1n) is 6.12. The Bertz CT molecular complexity index is 196. The van der Waals surface area contributed by atoms with Gasteiger partial charge in [-0.25, -0.2) is 0 Å². The number of nitrogens with one attached hydrogen (secondary N) is 1. The summed E-state index contributed by atoms with van der Waals surface area (Å²) < 4.78 is 11.3. The summed E-state index contributed by atoms with van der Waals surface area (Å²) in [7, 11) is 3.92. The highest BCUT2D eigenvalue weighted by Gasteiger charge is 2.45. The van der Waals surface area contributed by atoms with Crippen molar-refractivity contribution in [2.45, 2.75) is 43.7 Å². The quantitative estimate of drug-likeness (QED) is 0.769. The predicted octanol–water partition coefficient (Wildman–Crippen LogP) is 1.57. The molecule has 2 unspecified atom stereocenters. The topological polar surface area (TPSA) is 30.5 Å². The van der Waals surface area contributed by atoms with Gasteiger partial charge >= 0.3 is 0 Å². The SMILES string of the molecule is CNC(C1CCOC1)C1(OC)CCCC1. The van der Waals surface area contributed by atoms with Crippen LogP contribution in [-0.2, 0) is 9.47 Å². The van der Waals surface area contributed by atoms with Crippen molar-refractivity contribution < 1.29 is 9.47 Å². The molecule has 15 heavy (non-hydrogen) atoms. The summed E-state index contributed by atoms with van der Waals surface area (Å²) in [5, 5.41) is 3.47. The Morgan fingerprint density at radius 2 is 2.13 bits per heavy atom. The van der Waals surface area contributed by atoms with Crippen LogP contribution < -0.4 is 5.32 Å². The number of methoxy groups -OCH3 is 1. The molecular weight excluding hydrogens is 190 g/mol. The predicted molar refractivity (Wildman–Crippen MR) is 60.0 cm³/mol. The van der Waals surface area contributed by atoms with Gasteiger partial charge in [-0.05, 0) is 26.3 Å². The van der Waals surface area contributed by atoms with Crippen molar-refractivity contribution in [2.24, 2.45) is 5.92 Å². The van der Waals surface area contributed by atoms with Crippen LogP contribution >= 0.6 is 0 Å². The van der Waals surface area contributed by atoms with E-state index < -0.39 is 0 Å². The Balaban J connectivity index is 2.08. The molecule has 0 bridgehead atoms. The van der Waals surface area contributed by atoms with Crippen LogP contribution in [0.1, 0.15) is 32.1 Å². The monoisotopic (exact) mass is 213 g/mol. The summed E-state index contributed by atoms with van der Waals surface area (Å²) in [6.45, 7) is 1.82. The van der Waals surface area contributed by atoms with E-state index in [1.807, 2.05) is 7.11 Å². The lowest BCUT2D eigenvalue weighted by atomic mass is 9.82. The van der Waals surface area contributed by atoms with Crippen molar-refractivity contribution in [1.82, 2.24) is 5.32 Å². The van der Waals surface area contributed by atoms with Crippen molar-refractivity contribution in [2.75, 3.05) is 27.4 Å². The molecule has 1 N–H and O–H groups in total. The van der Waals surface area contributed by atoms with Gasteiger partial charge in [-0.15, -0.1) is 0 Å². The standard InChI is InChI=1S/C12H23NO2/c1-13-11(10-5-8-15-9-10)12(14-2)6-3-4-7-12/h10-11,13H,3-9H2,1-2H3. The third-order valence-corrected chi connectivity index (χ3v) is 4.17. The zero-order valence-electron chi connectivity index (χ0n) is 9.92. The maximum Gasteiger partial charge on any atom is 0.0834 e. The van der Waals surface area contributed by atoms with E-state index in [-0.39, 0.29) is 5.60 Å². The third-order valence-electron chi connectivity index (χ3n) is 4.17. The van der Waals surface area contributed by atoms with E-state index in [2.05, 4.69) is 12.4 Å². The number of likely N-dealkylation sites (N-methyl/N-ethyl adjacent to an activating group) is 1. The molecule has 0 amide bonds. The van der Waals surface area contributed by atoms with Crippen molar-refractivity contribution in [1.29, 1.82) is 0 Å². The summed E-state index contributed by atoms with van der Waals surface area (Å²) in [4.78, 5) is 0. The smallest absolute Gasteiger partial charge is 0.0834 e. The summed E-state index contributed by atoms with van der Waals surface area (Å²) in [6, 6.07) is 0.465. The molecular formula is C12H23NO2. The van der Waals surface area contributed by atoms with Crippen LogP contribution in [0.2, 0.25) is 0 Å². The van der Waals surface area contributed by atoms with Gasteiger partial charge in [0.15, 0.2) is 0 Å². The van der Waals surface area contributed by atoms with Gasteiger partial charge in [0.05, 0.1) is 12.2 Å². The number of hydrogen-bond acceptors (Lipinski definition) is 3. The van der Waals surface area contributed by atoms with E-state index in [9.17, 15) is 0 Å². The van der Waals surface area contributed by atoms with Crippen molar-refractivity contribution >= 4 is 0 Å². The van der Waals surface area contributed by atoms with E-state index in [4.69, 9.17) is 9.47 Å². The molecule has 0 spiro atoms. The zero-order valence-corrected chi connectivity index (χ0v) is 9.92. The summed E-state index contributed by atoms with van der Waals surface area (Å²) in [5.74, 6) is 0.632. The first-order valence-corrected chi connectivity index (χ1v) is 6.12. The zero-order chi connectivity index (χ0) is 10.7. The molecule has 1 heterocycles. The summed E-state index contributed by atoms with van der Waals surface area (Å²) in [6.07, 6.45) is 6.19. The molecule has 0 aromatic rings. The van der Waals surface area contributed by atoms with Crippen molar-refractivity contribution in [3.05, 3.63) is 0 Å². The van der Waals surface area contributed by atoms with E-state index in [0.29, 0.717) is 12.0 Å². The maximum atomic E-state index is 5.85. The Morgan fingerprint density at radius 3 is 2.60 bits per heavy atom. The average molecular weight is 213 g/mol. The van der Waals surface area contributed by atoms with Crippen LogP contribution in [0, 0.1) is 5.92 Å². The molecule has 3 heteroatoms. The van der Waals surface area contributed by atoms with E-state index in [1.165, 1.54) is 32.1 Å².